The third kappa shape index (κ3) is 2.76. The fraction of sp³-hybridized carbons (Fsp3) is 0.273. The Morgan fingerprint density at radius 2 is 2.18 bits per heavy atom. The van der Waals surface area contributed by atoms with E-state index in [1.807, 2.05) is 0 Å². The Morgan fingerprint density at radius 3 is 2.65 bits per heavy atom. The van der Waals surface area contributed by atoms with Crippen LogP contribution in [0.1, 0.15) is 5.56 Å². The van der Waals surface area contributed by atoms with Gasteiger partial charge in [0.25, 0.3) is 0 Å². The van der Waals surface area contributed by atoms with Crippen LogP contribution in [-0.4, -0.2) is 36.3 Å². The molecule has 0 aliphatic carbocycles. The molecule has 0 spiro atoms. The molecule has 0 heterocycles. The predicted octanol–water partition coefficient (Wildman–Crippen LogP) is 2.30. The molecule has 0 aliphatic heterocycles. The average molecular weight is 256 g/mol. The monoisotopic (exact) mass is 256 g/mol. The number of phenols is 1. The van der Waals surface area contributed by atoms with Crippen molar-refractivity contribution in [3.05, 3.63) is 23.5 Å². The molecular formula is C11H13FN2O2S. The molecule has 17 heavy (non-hydrogen) atoms. The highest BCUT2D eigenvalue weighted by Crippen LogP contribution is 2.29. The average Bonchev–Trinajstić information content (AvgIpc) is 2.32. The van der Waals surface area contributed by atoms with Gasteiger partial charge in [0, 0.05) is 18.7 Å². The first-order valence-corrected chi connectivity index (χ1v) is 5.94. The number of nitrogens with one attached hydrogen (secondary N) is 1. The number of benzene rings is 1. The summed E-state index contributed by atoms with van der Waals surface area (Å²) in [5.41, 5.74) is -0.0614. The normalized spacial score (nSPS) is 11.4. The molecule has 0 radical (unpaired) electrons. The zero-order valence-electron chi connectivity index (χ0n) is 9.74. The van der Waals surface area contributed by atoms with E-state index in [-0.39, 0.29) is 22.8 Å². The number of rotatable bonds is 3. The van der Waals surface area contributed by atoms with Crippen molar-refractivity contribution in [1.82, 2.24) is 0 Å². The number of nitrogens with zero attached hydrogens (tertiary/aromatic N) is 1. The van der Waals surface area contributed by atoms with Crippen LogP contribution in [0.4, 0.5) is 4.39 Å². The minimum absolute atomic E-state index is 0.00162. The summed E-state index contributed by atoms with van der Waals surface area (Å²) in [6.07, 6.45) is 1.75. The van der Waals surface area contributed by atoms with Gasteiger partial charge in [0.1, 0.15) is 10.9 Å². The maximum atomic E-state index is 13.7. The molecule has 0 atom stereocenters. The lowest BCUT2D eigenvalue weighted by molar-refractivity contribution is 0.370. The second-order valence-electron chi connectivity index (χ2n) is 3.11. The summed E-state index contributed by atoms with van der Waals surface area (Å²) in [5, 5.41) is 17.8. The van der Waals surface area contributed by atoms with Crippen LogP contribution in [0.25, 0.3) is 0 Å². The molecule has 92 valence electrons. The summed E-state index contributed by atoms with van der Waals surface area (Å²) in [6.45, 7) is 0. The first-order chi connectivity index (χ1) is 8.04. The van der Waals surface area contributed by atoms with Crippen LogP contribution < -0.4 is 4.74 Å². The summed E-state index contributed by atoms with van der Waals surface area (Å²) in [4.78, 5) is 3.87. The molecule has 0 aliphatic rings. The van der Waals surface area contributed by atoms with Crippen LogP contribution >= 0.6 is 11.8 Å². The fourth-order valence-electron chi connectivity index (χ4n) is 1.32. The third-order valence-electron chi connectivity index (χ3n) is 2.15. The molecule has 0 saturated heterocycles. The van der Waals surface area contributed by atoms with E-state index >= 15 is 0 Å². The Balaban J connectivity index is 3.24. The quantitative estimate of drug-likeness (QED) is 0.644. The molecule has 0 bridgehead atoms. The van der Waals surface area contributed by atoms with Gasteiger partial charge in [-0.15, -0.1) is 11.8 Å². The van der Waals surface area contributed by atoms with E-state index < -0.39 is 5.82 Å². The van der Waals surface area contributed by atoms with Crippen molar-refractivity contribution < 1.29 is 14.2 Å². The summed E-state index contributed by atoms with van der Waals surface area (Å²) < 4.78 is 18.5. The first kappa shape index (κ1) is 13.5. The SMILES string of the molecule is CN=C(SC)C(=N)c1cc(O)c(OC)cc1F. The molecule has 1 aromatic rings. The lowest BCUT2D eigenvalue weighted by atomic mass is 10.1. The summed E-state index contributed by atoms with van der Waals surface area (Å²) in [5.74, 6) is -0.789. The van der Waals surface area contributed by atoms with Crippen LogP contribution in [0.2, 0.25) is 0 Å². The van der Waals surface area contributed by atoms with Crippen molar-refractivity contribution in [3.63, 3.8) is 0 Å². The van der Waals surface area contributed by atoms with Crippen molar-refractivity contribution in [2.75, 3.05) is 20.4 Å². The Kier molecular flexibility index (Phi) is 4.51. The topological polar surface area (TPSA) is 65.7 Å². The van der Waals surface area contributed by atoms with E-state index in [1.165, 1.54) is 25.9 Å². The molecule has 0 amide bonds. The number of aliphatic imine (C=N–C) groups is 1. The number of methoxy groups -OCH3 is 1. The van der Waals surface area contributed by atoms with Gasteiger partial charge in [0.15, 0.2) is 11.5 Å². The maximum Gasteiger partial charge on any atom is 0.163 e. The number of ether oxygens (including phenoxy) is 1. The number of phenolic OH excluding ortho intramolecular Hbond substituents is 1. The number of thioether (sulfide) groups is 1. The van der Waals surface area contributed by atoms with Crippen LogP contribution in [0.5, 0.6) is 11.5 Å². The van der Waals surface area contributed by atoms with Crippen molar-refractivity contribution in [3.8, 4) is 11.5 Å². The Labute approximate surface area is 103 Å². The van der Waals surface area contributed by atoms with Gasteiger partial charge >= 0.3 is 0 Å². The van der Waals surface area contributed by atoms with E-state index in [0.717, 1.165) is 12.1 Å². The second-order valence-corrected chi connectivity index (χ2v) is 3.91. The Morgan fingerprint density at radius 1 is 1.53 bits per heavy atom. The molecule has 1 aromatic carbocycles. The lowest BCUT2D eigenvalue weighted by Gasteiger charge is -2.09. The largest absolute Gasteiger partial charge is 0.504 e. The standard InChI is InChI=1S/C11H13FN2O2S/c1-14-11(17-3)10(13)6-4-8(15)9(16-2)5-7(6)12/h4-5,13,15H,1-3H3. The number of halogens is 1. The lowest BCUT2D eigenvalue weighted by Crippen LogP contribution is -2.12. The van der Waals surface area contributed by atoms with Crippen molar-refractivity contribution in [1.29, 1.82) is 5.41 Å². The van der Waals surface area contributed by atoms with Gasteiger partial charge in [0.2, 0.25) is 0 Å². The first-order valence-electron chi connectivity index (χ1n) is 4.71. The van der Waals surface area contributed by atoms with Gasteiger partial charge in [-0.05, 0) is 12.3 Å². The smallest absolute Gasteiger partial charge is 0.163 e. The zero-order chi connectivity index (χ0) is 13.0. The van der Waals surface area contributed by atoms with Crippen LogP contribution in [0.15, 0.2) is 17.1 Å². The van der Waals surface area contributed by atoms with E-state index in [0.29, 0.717) is 5.04 Å². The number of aromatic hydroxyl groups is 1. The van der Waals surface area contributed by atoms with Gasteiger partial charge in [-0.25, -0.2) is 4.39 Å². The molecule has 0 saturated carbocycles. The highest BCUT2D eigenvalue weighted by atomic mass is 32.2. The van der Waals surface area contributed by atoms with E-state index in [2.05, 4.69) is 4.99 Å². The van der Waals surface area contributed by atoms with Crippen LogP contribution in [0.3, 0.4) is 0 Å². The Bertz CT molecular complexity index is 475. The molecule has 6 heteroatoms. The Hall–Kier alpha value is -1.56. The summed E-state index contributed by atoms with van der Waals surface area (Å²) in [7, 11) is 2.86. The van der Waals surface area contributed by atoms with E-state index in [1.54, 1.807) is 6.26 Å². The van der Waals surface area contributed by atoms with Gasteiger partial charge in [0.05, 0.1) is 12.8 Å². The number of hydrogen-bond donors (Lipinski definition) is 2. The van der Waals surface area contributed by atoms with Gasteiger partial charge in [-0.3, -0.25) is 10.4 Å². The molecule has 0 unspecified atom stereocenters. The van der Waals surface area contributed by atoms with Crippen molar-refractivity contribution >= 4 is 22.5 Å². The van der Waals surface area contributed by atoms with Gasteiger partial charge in [-0.1, -0.05) is 0 Å². The van der Waals surface area contributed by atoms with Crippen LogP contribution in [-0.2, 0) is 0 Å². The fourth-order valence-corrected chi connectivity index (χ4v) is 1.82. The highest BCUT2D eigenvalue weighted by Gasteiger charge is 2.16. The third-order valence-corrected chi connectivity index (χ3v) is 2.92. The highest BCUT2D eigenvalue weighted by molar-refractivity contribution is 8.15. The van der Waals surface area contributed by atoms with Crippen molar-refractivity contribution in [2.24, 2.45) is 4.99 Å². The second kappa shape index (κ2) is 5.67. The molecule has 2 N–H and O–H groups in total. The number of hydrogen-bond acceptors (Lipinski definition) is 5. The maximum absolute atomic E-state index is 13.7. The van der Waals surface area contributed by atoms with E-state index in [9.17, 15) is 9.50 Å². The molecular weight excluding hydrogens is 243 g/mol. The molecule has 0 aromatic heterocycles. The van der Waals surface area contributed by atoms with Crippen LogP contribution in [0, 0.1) is 11.2 Å². The molecule has 4 nitrogen and oxygen atoms in total. The summed E-state index contributed by atoms with van der Waals surface area (Å²) >= 11 is 1.24. The zero-order valence-corrected chi connectivity index (χ0v) is 10.6. The molecule has 0 fully saturated rings. The predicted molar refractivity (Wildman–Crippen MR) is 68.3 cm³/mol. The van der Waals surface area contributed by atoms with Gasteiger partial charge in [-0.2, -0.15) is 0 Å². The van der Waals surface area contributed by atoms with Crippen molar-refractivity contribution in [2.45, 2.75) is 0 Å². The summed E-state index contributed by atoms with van der Waals surface area (Å²) in [6, 6.07) is 2.21. The molecule has 1 rings (SSSR count). The van der Waals surface area contributed by atoms with Gasteiger partial charge < -0.3 is 9.84 Å². The minimum Gasteiger partial charge on any atom is -0.504 e. The van der Waals surface area contributed by atoms with E-state index in [4.69, 9.17) is 10.1 Å². The minimum atomic E-state index is -0.625.